The van der Waals surface area contributed by atoms with E-state index in [0.29, 0.717) is 16.4 Å². The number of anilines is 1. The SMILES string of the molecule is CC(=O)c1ccccc1NC(=O)CSc1nnc(C)n1C. The molecule has 1 amide bonds. The van der Waals surface area contributed by atoms with E-state index in [4.69, 9.17) is 0 Å². The molecule has 1 aromatic heterocycles. The van der Waals surface area contributed by atoms with Gasteiger partial charge in [0.1, 0.15) is 5.82 Å². The summed E-state index contributed by atoms with van der Waals surface area (Å²) in [6.07, 6.45) is 0. The standard InChI is InChI=1S/C14H16N4O2S/c1-9(19)11-6-4-5-7-12(11)15-13(20)8-21-14-17-16-10(2)18(14)3/h4-7H,8H2,1-3H3,(H,15,20). The van der Waals surface area contributed by atoms with Crippen LogP contribution in [0.1, 0.15) is 23.1 Å². The Labute approximate surface area is 127 Å². The van der Waals surface area contributed by atoms with Crippen LogP contribution in [0.4, 0.5) is 5.69 Å². The minimum Gasteiger partial charge on any atom is -0.325 e. The second-order valence-corrected chi connectivity index (χ2v) is 5.47. The molecular formula is C14H16N4O2S. The molecule has 7 heteroatoms. The van der Waals surface area contributed by atoms with E-state index in [0.717, 1.165) is 5.82 Å². The predicted octanol–water partition coefficient (Wildman–Crippen LogP) is 2.06. The molecule has 0 fully saturated rings. The number of amides is 1. The molecule has 0 aliphatic carbocycles. The molecule has 1 aromatic carbocycles. The zero-order chi connectivity index (χ0) is 15.4. The van der Waals surface area contributed by atoms with Crippen molar-refractivity contribution in [3.05, 3.63) is 35.7 Å². The first kappa shape index (κ1) is 15.2. The zero-order valence-electron chi connectivity index (χ0n) is 12.1. The Hall–Kier alpha value is -2.15. The molecule has 0 spiro atoms. The van der Waals surface area contributed by atoms with E-state index in [1.54, 1.807) is 24.3 Å². The minimum absolute atomic E-state index is 0.0810. The molecule has 0 radical (unpaired) electrons. The number of carbonyl (C=O) groups is 2. The lowest BCUT2D eigenvalue weighted by Crippen LogP contribution is -2.16. The number of aromatic nitrogens is 3. The summed E-state index contributed by atoms with van der Waals surface area (Å²) in [4.78, 5) is 23.5. The molecule has 21 heavy (non-hydrogen) atoms. The van der Waals surface area contributed by atoms with Gasteiger partial charge in [-0.3, -0.25) is 9.59 Å². The Morgan fingerprint density at radius 2 is 2.00 bits per heavy atom. The molecule has 0 saturated carbocycles. The minimum atomic E-state index is -0.186. The van der Waals surface area contributed by atoms with Gasteiger partial charge in [0.15, 0.2) is 10.9 Å². The quantitative estimate of drug-likeness (QED) is 0.676. The van der Waals surface area contributed by atoms with Crippen molar-refractivity contribution in [3.63, 3.8) is 0 Å². The maximum absolute atomic E-state index is 12.0. The second kappa shape index (κ2) is 6.53. The number of Topliss-reactive ketones (excluding diaryl/α,β-unsaturated/α-hetero) is 1. The maximum Gasteiger partial charge on any atom is 0.234 e. The van der Waals surface area contributed by atoms with Crippen molar-refractivity contribution in [2.24, 2.45) is 7.05 Å². The summed E-state index contributed by atoms with van der Waals surface area (Å²) in [5, 5.41) is 11.3. The van der Waals surface area contributed by atoms with Crippen molar-refractivity contribution >= 4 is 29.1 Å². The van der Waals surface area contributed by atoms with Crippen LogP contribution < -0.4 is 5.32 Å². The average molecular weight is 304 g/mol. The van der Waals surface area contributed by atoms with Crippen LogP contribution in [0.25, 0.3) is 0 Å². The van der Waals surface area contributed by atoms with Gasteiger partial charge in [0.05, 0.1) is 11.4 Å². The zero-order valence-corrected chi connectivity index (χ0v) is 12.9. The summed E-state index contributed by atoms with van der Waals surface area (Å²) in [5.41, 5.74) is 1.04. The van der Waals surface area contributed by atoms with Crippen LogP contribution in [-0.2, 0) is 11.8 Å². The lowest BCUT2D eigenvalue weighted by atomic mass is 10.1. The average Bonchev–Trinajstić information content (AvgIpc) is 2.77. The summed E-state index contributed by atoms with van der Waals surface area (Å²) >= 11 is 1.30. The van der Waals surface area contributed by atoms with Crippen molar-refractivity contribution in [1.82, 2.24) is 14.8 Å². The number of para-hydroxylation sites is 1. The van der Waals surface area contributed by atoms with Gasteiger partial charge < -0.3 is 9.88 Å². The van der Waals surface area contributed by atoms with Crippen molar-refractivity contribution in [3.8, 4) is 0 Å². The predicted molar refractivity (Wildman–Crippen MR) is 81.5 cm³/mol. The first-order valence-electron chi connectivity index (χ1n) is 6.37. The van der Waals surface area contributed by atoms with Gasteiger partial charge in [0.2, 0.25) is 5.91 Å². The molecule has 6 nitrogen and oxygen atoms in total. The highest BCUT2D eigenvalue weighted by Crippen LogP contribution is 2.18. The van der Waals surface area contributed by atoms with E-state index in [-0.39, 0.29) is 17.4 Å². The number of benzene rings is 1. The van der Waals surface area contributed by atoms with Crippen molar-refractivity contribution in [2.45, 2.75) is 19.0 Å². The molecule has 0 atom stereocenters. The molecule has 0 bridgehead atoms. The van der Waals surface area contributed by atoms with Crippen LogP contribution in [0, 0.1) is 6.92 Å². The van der Waals surface area contributed by atoms with Crippen LogP contribution in [-0.4, -0.2) is 32.2 Å². The number of carbonyl (C=O) groups excluding carboxylic acids is 2. The Kier molecular flexibility index (Phi) is 4.74. The number of aryl methyl sites for hydroxylation is 1. The van der Waals surface area contributed by atoms with E-state index in [1.165, 1.54) is 18.7 Å². The highest BCUT2D eigenvalue weighted by atomic mass is 32.2. The third-order valence-corrected chi connectivity index (χ3v) is 3.99. The summed E-state index contributed by atoms with van der Waals surface area (Å²) in [7, 11) is 1.85. The molecule has 0 aliphatic rings. The van der Waals surface area contributed by atoms with Gasteiger partial charge >= 0.3 is 0 Å². The van der Waals surface area contributed by atoms with E-state index < -0.39 is 0 Å². The molecule has 1 heterocycles. The van der Waals surface area contributed by atoms with Crippen molar-refractivity contribution in [1.29, 1.82) is 0 Å². The summed E-state index contributed by atoms with van der Waals surface area (Å²) in [5.74, 6) is 0.731. The number of rotatable bonds is 5. The lowest BCUT2D eigenvalue weighted by Gasteiger charge is -2.08. The molecule has 2 aromatic rings. The molecule has 0 saturated heterocycles. The van der Waals surface area contributed by atoms with Gasteiger partial charge in [-0.15, -0.1) is 10.2 Å². The van der Waals surface area contributed by atoms with Gasteiger partial charge in [-0.2, -0.15) is 0 Å². The topological polar surface area (TPSA) is 76.9 Å². The smallest absolute Gasteiger partial charge is 0.234 e. The Morgan fingerprint density at radius 3 is 2.62 bits per heavy atom. The van der Waals surface area contributed by atoms with Crippen LogP contribution in [0.15, 0.2) is 29.4 Å². The van der Waals surface area contributed by atoms with Crippen LogP contribution in [0.3, 0.4) is 0 Å². The first-order valence-corrected chi connectivity index (χ1v) is 7.36. The number of hydrogen-bond acceptors (Lipinski definition) is 5. The fourth-order valence-corrected chi connectivity index (χ4v) is 2.49. The van der Waals surface area contributed by atoms with E-state index in [2.05, 4.69) is 15.5 Å². The molecular weight excluding hydrogens is 288 g/mol. The maximum atomic E-state index is 12.0. The Morgan fingerprint density at radius 1 is 1.29 bits per heavy atom. The van der Waals surface area contributed by atoms with Crippen LogP contribution >= 0.6 is 11.8 Å². The third kappa shape index (κ3) is 3.69. The fourth-order valence-electron chi connectivity index (χ4n) is 1.73. The van der Waals surface area contributed by atoms with Gasteiger partial charge in [-0.1, -0.05) is 23.9 Å². The molecule has 110 valence electrons. The van der Waals surface area contributed by atoms with Gasteiger partial charge in [0, 0.05) is 12.6 Å². The molecule has 2 rings (SSSR count). The van der Waals surface area contributed by atoms with Crippen LogP contribution in [0.2, 0.25) is 0 Å². The number of nitrogens with zero attached hydrogens (tertiary/aromatic N) is 3. The lowest BCUT2D eigenvalue weighted by molar-refractivity contribution is -0.113. The van der Waals surface area contributed by atoms with Gasteiger partial charge in [0.25, 0.3) is 0 Å². The monoisotopic (exact) mass is 304 g/mol. The van der Waals surface area contributed by atoms with E-state index >= 15 is 0 Å². The Bertz CT molecular complexity index is 681. The molecule has 0 unspecified atom stereocenters. The van der Waals surface area contributed by atoms with E-state index in [1.807, 2.05) is 18.5 Å². The summed E-state index contributed by atoms with van der Waals surface area (Å²) in [6.45, 7) is 3.32. The number of ketones is 1. The number of hydrogen-bond donors (Lipinski definition) is 1. The van der Waals surface area contributed by atoms with Gasteiger partial charge in [-0.05, 0) is 26.0 Å². The summed E-state index contributed by atoms with van der Waals surface area (Å²) in [6, 6.07) is 6.95. The number of thioether (sulfide) groups is 1. The van der Waals surface area contributed by atoms with Crippen molar-refractivity contribution < 1.29 is 9.59 Å². The molecule has 0 aliphatic heterocycles. The second-order valence-electron chi connectivity index (χ2n) is 4.53. The largest absolute Gasteiger partial charge is 0.325 e. The van der Waals surface area contributed by atoms with Crippen molar-refractivity contribution in [2.75, 3.05) is 11.1 Å². The third-order valence-electron chi connectivity index (χ3n) is 2.97. The van der Waals surface area contributed by atoms with Gasteiger partial charge in [-0.25, -0.2) is 0 Å². The normalized spacial score (nSPS) is 10.4. The Balaban J connectivity index is 1.99. The van der Waals surface area contributed by atoms with Crippen LogP contribution in [0.5, 0.6) is 0 Å². The highest BCUT2D eigenvalue weighted by Gasteiger charge is 2.12. The molecule has 1 N–H and O–H groups in total. The fraction of sp³-hybridized carbons (Fsp3) is 0.286. The number of nitrogens with one attached hydrogen (secondary N) is 1. The summed E-state index contributed by atoms with van der Waals surface area (Å²) < 4.78 is 1.82. The highest BCUT2D eigenvalue weighted by molar-refractivity contribution is 7.99. The first-order chi connectivity index (χ1) is 9.99. The van der Waals surface area contributed by atoms with E-state index in [9.17, 15) is 9.59 Å².